The van der Waals surface area contributed by atoms with Crippen LogP contribution >= 0.6 is 0 Å². The average Bonchev–Trinajstić information content (AvgIpc) is 2.63. The lowest BCUT2D eigenvalue weighted by molar-refractivity contribution is -0.128. The number of hydrazine groups is 1. The van der Waals surface area contributed by atoms with Crippen LogP contribution in [0.5, 0.6) is 5.75 Å². The molecule has 0 saturated heterocycles. The Bertz CT molecular complexity index is 785. The van der Waals surface area contributed by atoms with Gasteiger partial charge < -0.3 is 9.64 Å². The molecule has 0 aliphatic rings. The summed E-state index contributed by atoms with van der Waals surface area (Å²) >= 11 is 0. The number of aryl methyl sites for hydroxylation is 1. The summed E-state index contributed by atoms with van der Waals surface area (Å²) in [7, 11) is 3.85. The number of nitrogens with zero attached hydrogens (tertiary/aromatic N) is 1. The highest BCUT2D eigenvalue weighted by Crippen LogP contribution is 2.21. The minimum absolute atomic E-state index is 0.386. The van der Waals surface area contributed by atoms with Crippen LogP contribution in [0.3, 0.4) is 0 Å². The third-order valence-corrected chi connectivity index (χ3v) is 4.17. The molecule has 0 aliphatic carbocycles. The molecule has 2 aromatic carbocycles. The Morgan fingerprint density at radius 2 is 1.65 bits per heavy atom. The molecule has 2 rings (SSSR count). The summed E-state index contributed by atoms with van der Waals surface area (Å²) < 4.78 is 5.70. The first kappa shape index (κ1) is 19.3. The summed E-state index contributed by atoms with van der Waals surface area (Å²) in [5, 5.41) is 0. The van der Waals surface area contributed by atoms with Gasteiger partial charge in [-0.05, 0) is 62.2 Å². The van der Waals surface area contributed by atoms with Crippen LogP contribution in [-0.2, 0) is 4.79 Å². The van der Waals surface area contributed by atoms with Crippen LogP contribution in [0.2, 0.25) is 0 Å². The predicted octanol–water partition coefficient (Wildman–Crippen LogP) is 2.60. The first-order valence-corrected chi connectivity index (χ1v) is 8.40. The minimum Gasteiger partial charge on any atom is -0.481 e. The maximum absolute atomic E-state index is 12.2. The predicted molar refractivity (Wildman–Crippen MR) is 102 cm³/mol. The number of carbonyl (C=O) groups is 2. The van der Waals surface area contributed by atoms with Crippen LogP contribution in [-0.4, -0.2) is 32.0 Å². The van der Waals surface area contributed by atoms with Crippen molar-refractivity contribution in [2.75, 3.05) is 19.0 Å². The monoisotopic (exact) mass is 355 g/mol. The Morgan fingerprint density at radius 1 is 1.00 bits per heavy atom. The van der Waals surface area contributed by atoms with E-state index in [0.717, 1.165) is 16.8 Å². The normalized spacial score (nSPS) is 11.4. The molecule has 1 unspecified atom stereocenters. The van der Waals surface area contributed by atoms with Crippen LogP contribution in [0.4, 0.5) is 5.69 Å². The fourth-order valence-electron chi connectivity index (χ4n) is 2.30. The summed E-state index contributed by atoms with van der Waals surface area (Å²) in [6.07, 6.45) is -0.744. The van der Waals surface area contributed by atoms with Gasteiger partial charge in [-0.15, -0.1) is 0 Å². The lowest BCUT2D eigenvalue weighted by atomic mass is 10.1. The summed E-state index contributed by atoms with van der Waals surface area (Å²) in [6, 6.07) is 12.7. The van der Waals surface area contributed by atoms with Crippen molar-refractivity contribution in [3.63, 3.8) is 0 Å². The van der Waals surface area contributed by atoms with E-state index in [1.807, 2.05) is 63.2 Å². The van der Waals surface area contributed by atoms with E-state index in [0.29, 0.717) is 11.3 Å². The standard InChI is InChI=1S/C20H25N3O3/c1-13-7-6-8-18(14(13)2)26-15(3)19(24)21-22-20(25)16-9-11-17(12-10-16)23(4)5/h6-12,15H,1-5H3,(H,21,24)(H,22,25). The summed E-state index contributed by atoms with van der Waals surface area (Å²) in [5.74, 6) is -0.162. The number of carbonyl (C=O) groups excluding carboxylic acids is 2. The molecule has 0 aromatic heterocycles. The first-order valence-electron chi connectivity index (χ1n) is 8.40. The second-order valence-electron chi connectivity index (χ2n) is 6.34. The van der Waals surface area contributed by atoms with Gasteiger partial charge in [-0.1, -0.05) is 12.1 Å². The molecule has 0 spiro atoms. The van der Waals surface area contributed by atoms with E-state index in [2.05, 4.69) is 10.9 Å². The van der Waals surface area contributed by atoms with Gasteiger partial charge in [-0.25, -0.2) is 0 Å². The fourth-order valence-corrected chi connectivity index (χ4v) is 2.30. The van der Waals surface area contributed by atoms with Crippen LogP contribution in [0.1, 0.15) is 28.4 Å². The van der Waals surface area contributed by atoms with Crippen molar-refractivity contribution in [1.82, 2.24) is 10.9 Å². The van der Waals surface area contributed by atoms with E-state index in [1.54, 1.807) is 19.1 Å². The molecule has 0 saturated carbocycles. The Balaban J connectivity index is 1.90. The zero-order valence-corrected chi connectivity index (χ0v) is 15.8. The third kappa shape index (κ3) is 4.75. The van der Waals surface area contributed by atoms with Crippen LogP contribution in [0.15, 0.2) is 42.5 Å². The largest absolute Gasteiger partial charge is 0.481 e. The van der Waals surface area contributed by atoms with Crippen LogP contribution < -0.4 is 20.5 Å². The molecule has 0 heterocycles. The number of amides is 2. The molecule has 6 nitrogen and oxygen atoms in total. The number of nitrogens with one attached hydrogen (secondary N) is 2. The van der Waals surface area contributed by atoms with Crippen LogP contribution in [0, 0.1) is 13.8 Å². The molecule has 0 radical (unpaired) electrons. The molecule has 2 N–H and O–H groups in total. The number of anilines is 1. The highest BCUT2D eigenvalue weighted by atomic mass is 16.5. The van der Waals surface area contributed by atoms with Crippen molar-refractivity contribution < 1.29 is 14.3 Å². The Labute approximate surface area is 154 Å². The topological polar surface area (TPSA) is 70.7 Å². The SMILES string of the molecule is Cc1cccc(OC(C)C(=O)NNC(=O)c2ccc(N(C)C)cc2)c1C. The van der Waals surface area contributed by atoms with Crippen LogP contribution in [0.25, 0.3) is 0 Å². The van der Waals surface area contributed by atoms with Gasteiger partial charge >= 0.3 is 0 Å². The molecule has 0 aliphatic heterocycles. The fraction of sp³-hybridized carbons (Fsp3) is 0.300. The van der Waals surface area contributed by atoms with Gasteiger partial charge in [0.1, 0.15) is 5.75 Å². The number of ether oxygens (including phenoxy) is 1. The van der Waals surface area contributed by atoms with Gasteiger partial charge in [0, 0.05) is 25.3 Å². The Hall–Kier alpha value is -3.02. The van der Waals surface area contributed by atoms with E-state index in [4.69, 9.17) is 4.74 Å². The smallest absolute Gasteiger partial charge is 0.279 e. The zero-order chi connectivity index (χ0) is 19.3. The molecular weight excluding hydrogens is 330 g/mol. The average molecular weight is 355 g/mol. The lowest BCUT2D eigenvalue weighted by Crippen LogP contribution is -2.47. The van der Waals surface area contributed by atoms with Gasteiger partial charge in [0.2, 0.25) is 0 Å². The van der Waals surface area contributed by atoms with Crippen molar-refractivity contribution in [3.05, 3.63) is 59.2 Å². The second-order valence-corrected chi connectivity index (χ2v) is 6.34. The first-order chi connectivity index (χ1) is 12.3. The molecule has 2 aromatic rings. The number of rotatable bonds is 5. The molecule has 0 fully saturated rings. The van der Waals surface area contributed by atoms with E-state index in [1.165, 1.54) is 0 Å². The number of benzene rings is 2. The van der Waals surface area contributed by atoms with Gasteiger partial charge in [0.25, 0.3) is 11.8 Å². The van der Waals surface area contributed by atoms with E-state index >= 15 is 0 Å². The van der Waals surface area contributed by atoms with E-state index < -0.39 is 12.0 Å². The molecule has 6 heteroatoms. The van der Waals surface area contributed by atoms with Gasteiger partial charge in [-0.2, -0.15) is 0 Å². The lowest BCUT2D eigenvalue weighted by Gasteiger charge is -2.17. The maximum Gasteiger partial charge on any atom is 0.279 e. The molecule has 138 valence electrons. The summed E-state index contributed by atoms with van der Waals surface area (Å²) in [4.78, 5) is 26.2. The van der Waals surface area contributed by atoms with Gasteiger partial charge in [-0.3, -0.25) is 20.4 Å². The highest BCUT2D eigenvalue weighted by molar-refractivity contribution is 5.96. The van der Waals surface area contributed by atoms with Crippen molar-refractivity contribution in [2.24, 2.45) is 0 Å². The molecule has 26 heavy (non-hydrogen) atoms. The second kappa shape index (κ2) is 8.38. The van der Waals surface area contributed by atoms with Gasteiger partial charge in [0.05, 0.1) is 0 Å². The van der Waals surface area contributed by atoms with Gasteiger partial charge in [0.15, 0.2) is 6.10 Å². The van der Waals surface area contributed by atoms with E-state index in [9.17, 15) is 9.59 Å². The van der Waals surface area contributed by atoms with Crippen molar-refractivity contribution in [1.29, 1.82) is 0 Å². The quantitative estimate of drug-likeness (QED) is 0.809. The van der Waals surface area contributed by atoms with Crippen molar-refractivity contribution >= 4 is 17.5 Å². The number of hydrogen-bond donors (Lipinski definition) is 2. The third-order valence-electron chi connectivity index (χ3n) is 4.17. The highest BCUT2D eigenvalue weighted by Gasteiger charge is 2.17. The summed E-state index contributed by atoms with van der Waals surface area (Å²) in [6.45, 7) is 5.55. The zero-order valence-electron chi connectivity index (χ0n) is 15.8. The maximum atomic E-state index is 12.2. The Kier molecular flexibility index (Phi) is 6.22. The van der Waals surface area contributed by atoms with Crippen molar-refractivity contribution in [3.8, 4) is 5.75 Å². The Morgan fingerprint density at radius 3 is 2.27 bits per heavy atom. The molecule has 2 amide bonds. The molecular formula is C20H25N3O3. The number of hydrogen-bond acceptors (Lipinski definition) is 4. The molecule has 1 atom stereocenters. The minimum atomic E-state index is -0.744. The van der Waals surface area contributed by atoms with Crippen molar-refractivity contribution in [2.45, 2.75) is 26.9 Å². The summed E-state index contributed by atoms with van der Waals surface area (Å²) in [5.41, 5.74) is 8.32. The molecule has 0 bridgehead atoms. The van der Waals surface area contributed by atoms with E-state index in [-0.39, 0.29) is 5.91 Å².